The Morgan fingerprint density at radius 2 is 0.951 bits per heavy atom. The normalized spacial score (nSPS) is 18.2. The van der Waals surface area contributed by atoms with E-state index >= 15 is 0 Å². The molecule has 0 bridgehead atoms. The van der Waals surface area contributed by atoms with Crippen LogP contribution in [0.1, 0.15) is 249 Å². The molecule has 0 radical (unpaired) electrons. The van der Waals surface area contributed by atoms with Gasteiger partial charge in [0.25, 0.3) is 82.4 Å². The summed E-state index contributed by atoms with van der Waals surface area (Å²) in [5.41, 5.74) is 0.819. The molecule has 8 aliphatic rings. The monoisotopic (exact) mass is 2030 g/mol. The molecule has 0 spiro atoms. The lowest BCUT2D eigenvalue weighted by Crippen LogP contribution is -2.69. The number of aromatic amines is 1. The van der Waals surface area contributed by atoms with Crippen molar-refractivity contribution in [2.24, 2.45) is 5.73 Å². The smallest absolute Gasteiger partial charge is 0.293 e. The van der Waals surface area contributed by atoms with E-state index in [9.17, 15) is 133 Å². The van der Waals surface area contributed by atoms with Gasteiger partial charge in [-0.05, 0) is 164 Å². The Labute approximate surface area is 807 Å². The number of nitrogens with zero attached hydrogens (tertiary/aromatic N) is 9. The fraction of sp³-hybridized carbons (Fsp3) is 0.426. The van der Waals surface area contributed by atoms with Crippen LogP contribution in [0.4, 0.5) is 88.6 Å². The molecule has 3 atom stereocenters. The number of anilines is 4. The number of likely N-dealkylation sites (N-methyl/N-ethyl adjacent to an activating group) is 1. The molecule has 7 aromatic heterocycles. The molecule has 11 heterocycles. The first-order valence-corrected chi connectivity index (χ1v) is 45.1. The van der Waals surface area contributed by atoms with Crippen molar-refractivity contribution in [3.63, 3.8) is 0 Å². The number of ketones is 3. The molecule has 0 saturated heterocycles. The summed E-state index contributed by atoms with van der Waals surface area (Å²) in [5.74, 6) is -28.3. The molecule has 4 aliphatic carbocycles. The van der Waals surface area contributed by atoms with Crippen LogP contribution in [0.15, 0.2) is 61.1 Å². The van der Waals surface area contributed by atoms with Gasteiger partial charge >= 0.3 is 0 Å². The predicted molar refractivity (Wildman–Crippen MR) is 478 cm³/mol. The van der Waals surface area contributed by atoms with Crippen molar-refractivity contribution in [3.05, 3.63) is 208 Å². The van der Waals surface area contributed by atoms with E-state index in [-0.39, 0.29) is 104 Å². The Kier molecular flexibility index (Phi) is 28.5. The number of primary amides is 1. The third kappa shape index (κ3) is 20.3. The van der Waals surface area contributed by atoms with Gasteiger partial charge in [0.05, 0.1) is 58.8 Å². The van der Waals surface area contributed by atoms with Crippen LogP contribution in [0.25, 0.3) is 0 Å². The Morgan fingerprint density at radius 1 is 0.524 bits per heavy atom. The largest absolute Gasteiger partial charge is 0.368 e. The van der Waals surface area contributed by atoms with Crippen molar-refractivity contribution < 1.29 is 128 Å². The van der Waals surface area contributed by atoms with E-state index in [1.54, 1.807) is 47.2 Å². The van der Waals surface area contributed by atoms with Gasteiger partial charge in [-0.15, -0.1) is 0 Å². The summed E-state index contributed by atoms with van der Waals surface area (Å²) in [6, 6.07) is 11.0. The number of aromatic nitrogens is 9. The Bertz CT molecular complexity index is 6820. The molecular formula is C94H92ClF15N20O13. The van der Waals surface area contributed by atoms with Gasteiger partial charge in [0, 0.05) is 142 Å². The molecule has 9 aromatic rings. The fourth-order valence-electron chi connectivity index (χ4n) is 19.8. The molecule has 49 heteroatoms. The lowest BCUT2D eigenvalue weighted by Gasteiger charge is -2.46. The van der Waals surface area contributed by atoms with E-state index in [1.807, 2.05) is 6.92 Å². The highest BCUT2D eigenvalue weighted by Gasteiger charge is 2.64. The number of halogens is 16. The van der Waals surface area contributed by atoms with Crippen molar-refractivity contribution in [1.29, 1.82) is 5.26 Å². The molecule has 12 N–H and O–H groups in total. The molecule has 17 rings (SSSR count). The topological polar surface area (TPSA) is 467 Å². The SMILES string of the molecule is CNC(=O)C1(NC(=O)Cc2c(C)c(C(=O)Nc3ccnc(C(C)F)c3F)n3c2CCC3)CC(F)(F)C1.Cc1c(C(=O)C(=O)NC2(c3cn[nH]n3)CC(F)(F)C2)c2n(c1C(=O)Nc1ccnc(C(C)F)c1F)C[C@H](F)C2.Cc1c(F)cc(NC(=O)c2c(C)c(C(=O)C(=O)NC3(C(N)=O)CC(F)(F)C3)c3n2CCC3)cc1F.Cc1ccc(NC(=O)c2c(C)c(C(=O)C(=O)NC3(C#N)CC(F)(F)C3)c3n2CCC3)cc1Cl. The van der Waals surface area contributed by atoms with E-state index in [0.717, 1.165) is 55.7 Å². The van der Waals surface area contributed by atoms with Crippen LogP contribution < -0.4 is 53.6 Å². The number of pyridine rings is 2. The van der Waals surface area contributed by atoms with Crippen molar-refractivity contribution in [1.82, 2.24) is 70.2 Å². The Balaban J connectivity index is 0.000000152. The molecule has 2 unspecified atom stereocenters. The van der Waals surface area contributed by atoms with Crippen molar-refractivity contribution in [2.75, 3.05) is 28.3 Å². The second-order valence-corrected chi connectivity index (χ2v) is 37.2. The predicted octanol–water partition coefficient (Wildman–Crippen LogP) is 12.9. The summed E-state index contributed by atoms with van der Waals surface area (Å²) in [5, 5.41) is 40.7. The highest BCUT2D eigenvalue weighted by atomic mass is 35.5. The minimum Gasteiger partial charge on any atom is -0.368 e. The zero-order chi connectivity index (χ0) is 105. The maximum atomic E-state index is 14.7. The number of Topliss-reactive ketones (excluding diaryl/α,β-unsaturated/α-hetero) is 3. The molecule has 4 fully saturated rings. The molecule has 4 saturated carbocycles. The van der Waals surface area contributed by atoms with E-state index in [0.29, 0.717) is 96.9 Å². The first-order valence-electron chi connectivity index (χ1n) is 44.7. The summed E-state index contributed by atoms with van der Waals surface area (Å²) >= 11 is 6.13. The molecular weight excluding hydrogens is 1940 g/mol. The highest BCUT2D eigenvalue weighted by molar-refractivity contribution is 6.45. The van der Waals surface area contributed by atoms with Gasteiger partial charge in [-0.25, -0.2) is 65.9 Å². The average molecular weight is 2030 g/mol. The van der Waals surface area contributed by atoms with Gasteiger partial charge in [0.1, 0.15) is 86.6 Å². The van der Waals surface area contributed by atoms with Crippen molar-refractivity contribution in [3.8, 4) is 6.07 Å². The van der Waals surface area contributed by atoms with E-state index < -0.39 is 227 Å². The summed E-state index contributed by atoms with van der Waals surface area (Å²) in [6.45, 7) is 12.3. The lowest BCUT2D eigenvalue weighted by atomic mass is 9.71. The number of carbonyl (C=O) groups excluding carboxylic acids is 13. The van der Waals surface area contributed by atoms with Gasteiger partial charge in [-0.3, -0.25) is 72.3 Å². The van der Waals surface area contributed by atoms with Gasteiger partial charge in [-0.2, -0.15) is 20.7 Å². The number of alkyl halides is 11. The number of nitriles is 1. The number of carbonyl (C=O) groups is 13. The Morgan fingerprint density at radius 3 is 1.39 bits per heavy atom. The summed E-state index contributed by atoms with van der Waals surface area (Å²) < 4.78 is 213. The molecule has 10 amide bonds. The maximum Gasteiger partial charge on any atom is 0.293 e. The van der Waals surface area contributed by atoms with Crippen LogP contribution >= 0.6 is 11.6 Å². The summed E-state index contributed by atoms with van der Waals surface area (Å²) in [4.78, 5) is 174. The number of hydrogen-bond acceptors (Lipinski definition) is 18. The van der Waals surface area contributed by atoms with E-state index in [2.05, 4.69) is 73.2 Å². The minimum absolute atomic E-state index is 0.0116. The summed E-state index contributed by atoms with van der Waals surface area (Å²) in [7, 11) is 1.31. The molecule has 143 heavy (non-hydrogen) atoms. The third-order valence-electron chi connectivity index (χ3n) is 26.5. The molecule has 4 aliphatic heterocycles. The number of nitrogens with one attached hydrogen (secondary N) is 10. The van der Waals surface area contributed by atoms with Gasteiger partial charge in [0.2, 0.25) is 17.7 Å². The maximum absolute atomic E-state index is 14.7. The summed E-state index contributed by atoms with van der Waals surface area (Å²) in [6.07, 6.45) is -5.48. The van der Waals surface area contributed by atoms with Crippen LogP contribution in [0, 0.1) is 76.1 Å². The zero-order valence-electron chi connectivity index (χ0n) is 77.6. The number of amides is 10. The van der Waals surface area contributed by atoms with Crippen LogP contribution in [-0.4, -0.2) is 174 Å². The fourth-order valence-corrected chi connectivity index (χ4v) is 20.0. The molecule has 2 aromatic carbocycles. The van der Waals surface area contributed by atoms with Crippen LogP contribution in [0.3, 0.4) is 0 Å². The first kappa shape index (κ1) is 104. The second-order valence-electron chi connectivity index (χ2n) is 36.8. The molecule has 33 nitrogen and oxygen atoms in total. The van der Waals surface area contributed by atoms with Gasteiger partial charge in [0.15, 0.2) is 11.6 Å². The van der Waals surface area contributed by atoms with Crippen LogP contribution in [-0.2, 0) is 92.6 Å². The van der Waals surface area contributed by atoms with Crippen LogP contribution in [0.2, 0.25) is 5.02 Å². The zero-order valence-corrected chi connectivity index (χ0v) is 78.4. The van der Waals surface area contributed by atoms with Crippen molar-refractivity contribution >= 4 is 111 Å². The number of rotatable bonds is 25. The average Bonchev–Trinajstić information content (AvgIpc) is 1.69. The van der Waals surface area contributed by atoms with Crippen LogP contribution in [0.5, 0.6) is 0 Å². The third-order valence-corrected chi connectivity index (χ3v) is 26.9. The first-order chi connectivity index (χ1) is 66.9. The quantitative estimate of drug-likeness (QED) is 0.0144. The van der Waals surface area contributed by atoms with Gasteiger partial charge in [-0.1, -0.05) is 17.7 Å². The number of aryl methyl sites for hydroxylation is 1. The number of hydrogen-bond donors (Lipinski definition) is 11. The number of H-pyrrole nitrogens is 1. The minimum atomic E-state index is -3.20. The molecule has 758 valence electrons. The number of benzene rings is 2. The number of nitrogens with two attached hydrogens (primary N) is 1. The number of fused-ring (bicyclic) bond motifs is 4. The second kappa shape index (κ2) is 39.0. The standard InChI is InChI=1S/C24H22F5N7O3.C24H27F4N5O3.C23H21ClF2N4O3.C23H22F4N4O4/c1-10-16(20(37)22(39)33-23(8-24(28,29)9-23)15-6-31-35-34-15)14-5-12(26)7-36(14)19(10)21(38)32-13-3-4-30-18(11(2)25)17(13)27;1-12-14(9-17(34)32-23(22(36)29-3)10-24(27,28)11-23)16-5-4-8-33(16)20(12)21(35)31-15-6-7-30-19(13(2)25)18(15)26;1-12-5-6-14(8-15(12)24)28-20(32)18-13(2)17(16-4-3-7-30(16)18)19(31)21(33)29-22(11-27)9-23(25,26)10-22;1-10-13(24)6-12(7-14(10)25)29-19(33)17-11(2)16(15-4-3-5-31(15)17)18(32)20(34)30-22(21(28)35)8-23(26,27)9-22/h3-4,6,11-12H,5,7-9H2,1-2H3,(H,33,39)(H,30,32,38)(H,31,34,35);6-7,13H,4-5,8-11H2,1-3H3,(H,29,36)(H,32,34)(H,30,31,35);5-6,8H,3-4,7,9-10H2,1-2H3,(H,28,32)(H,29,33);6-7H,3-5,8-9H2,1-2H3,(H2,28,35)(H,29,33)(H,30,34)/t11?,12-;;;/m1.../s1. The Hall–Kier alpha value is -14.6. The lowest BCUT2D eigenvalue weighted by molar-refractivity contribution is -0.165. The van der Waals surface area contributed by atoms with E-state index in [4.69, 9.17) is 17.3 Å². The van der Waals surface area contributed by atoms with Crippen molar-refractivity contribution in [2.45, 2.75) is 249 Å². The highest BCUT2D eigenvalue weighted by Crippen LogP contribution is 2.53. The van der Waals surface area contributed by atoms with Gasteiger partial charge < -0.3 is 71.9 Å². The van der Waals surface area contributed by atoms with E-state index in [1.165, 1.54) is 49.2 Å².